The predicted molar refractivity (Wildman–Crippen MR) is 91.5 cm³/mol. The van der Waals surface area contributed by atoms with Crippen molar-refractivity contribution >= 4 is 11.8 Å². The molecule has 1 atom stereocenters. The lowest BCUT2D eigenvalue weighted by Gasteiger charge is -2.45. The Morgan fingerprint density at radius 2 is 1.96 bits per heavy atom. The topological polar surface area (TPSA) is 61.9 Å². The van der Waals surface area contributed by atoms with Gasteiger partial charge in [0.2, 0.25) is 11.8 Å². The van der Waals surface area contributed by atoms with E-state index in [1.807, 2.05) is 4.90 Å². The van der Waals surface area contributed by atoms with Crippen molar-refractivity contribution in [3.63, 3.8) is 0 Å². The summed E-state index contributed by atoms with van der Waals surface area (Å²) in [6.07, 6.45) is 7.26. The van der Waals surface area contributed by atoms with E-state index in [4.69, 9.17) is 4.74 Å². The van der Waals surface area contributed by atoms with Gasteiger partial charge < -0.3 is 15.0 Å². The van der Waals surface area contributed by atoms with Crippen LogP contribution in [-0.2, 0) is 14.3 Å². The highest BCUT2D eigenvalue weighted by Crippen LogP contribution is 2.29. The third-order valence-corrected chi connectivity index (χ3v) is 5.75. The SMILES string of the molecule is COCCNC(=O)C1CC(=O)N(C2CN(CC3CCCCC3)C2)C1. The van der Waals surface area contributed by atoms with Crippen LogP contribution >= 0.6 is 0 Å². The Morgan fingerprint density at radius 3 is 2.67 bits per heavy atom. The Labute approximate surface area is 144 Å². The van der Waals surface area contributed by atoms with Gasteiger partial charge in [-0.15, -0.1) is 0 Å². The van der Waals surface area contributed by atoms with E-state index in [2.05, 4.69) is 10.2 Å². The molecule has 1 saturated carbocycles. The fraction of sp³-hybridized carbons (Fsp3) is 0.889. The molecule has 2 amide bonds. The third-order valence-electron chi connectivity index (χ3n) is 5.75. The zero-order valence-corrected chi connectivity index (χ0v) is 14.8. The van der Waals surface area contributed by atoms with Crippen LogP contribution in [0.5, 0.6) is 0 Å². The van der Waals surface area contributed by atoms with Crippen LogP contribution in [0.15, 0.2) is 0 Å². The molecule has 1 unspecified atom stereocenters. The van der Waals surface area contributed by atoms with Gasteiger partial charge >= 0.3 is 0 Å². The fourth-order valence-corrected chi connectivity index (χ4v) is 4.30. The second-order valence-corrected chi connectivity index (χ2v) is 7.61. The molecule has 2 heterocycles. The Bertz CT molecular complexity index is 445. The molecule has 2 saturated heterocycles. The summed E-state index contributed by atoms with van der Waals surface area (Å²) >= 11 is 0. The Morgan fingerprint density at radius 1 is 1.21 bits per heavy atom. The number of carbonyl (C=O) groups is 2. The Balaban J connectivity index is 1.38. The molecule has 0 aromatic carbocycles. The van der Waals surface area contributed by atoms with Gasteiger partial charge in [0.25, 0.3) is 0 Å². The van der Waals surface area contributed by atoms with Crippen LogP contribution in [0.1, 0.15) is 38.5 Å². The molecule has 0 aromatic heterocycles. The highest BCUT2D eigenvalue weighted by atomic mass is 16.5. The average molecular weight is 337 g/mol. The Kier molecular flexibility index (Phi) is 6.11. The van der Waals surface area contributed by atoms with Gasteiger partial charge in [-0.1, -0.05) is 19.3 Å². The summed E-state index contributed by atoms with van der Waals surface area (Å²) in [6, 6.07) is 0.317. The first-order valence-electron chi connectivity index (χ1n) is 9.46. The zero-order chi connectivity index (χ0) is 16.9. The number of ether oxygens (including phenoxy) is 1. The van der Waals surface area contributed by atoms with Gasteiger partial charge in [-0.3, -0.25) is 14.5 Å². The summed E-state index contributed by atoms with van der Waals surface area (Å²) in [5, 5.41) is 2.85. The largest absolute Gasteiger partial charge is 0.383 e. The molecule has 1 aliphatic carbocycles. The Hall–Kier alpha value is -1.14. The highest BCUT2D eigenvalue weighted by Gasteiger charge is 2.42. The van der Waals surface area contributed by atoms with Crippen LogP contribution in [0.25, 0.3) is 0 Å². The van der Waals surface area contributed by atoms with Crippen LogP contribution < -0.4 is 5.32 Å². The van der Waals surface area contributed by atoms with E-state index in [0.717, 1.165) is 19.0 Å². The number of amides is 2. The molecule has 6 nitrogen and oxygen atoms in total. The minimum absolute atomic E-state index is 0.0127. The molecule has 0 aromatic rings. The molecule has 0 spiro atoms. The van der Waals surface area contributed by atoms with Crippen molar-refractivity contribution in [3.8, 4) is 0 Å². The molecule has 1 N–H and O–H groups in total. The van der Waals surface area contributed by atoms with Crippen molar-refractivity contribution in [3.05, 3.63) is 0 Å². The summed E-state index contributed by atoms with van der Waals surface area (Å²) in [5.74, 6) is 0.792. The van der Waals surface area contributed by atoms with Gasteiger partial charge in [-0.25, -0.2) is 0 Å². The third kappa shape index (κ3) is 4.28. The minimum atomic E-state index is -0.193. The van der Waals surface area contributed by atoms with E-state index < -0.39 is 0 Å². The van der Waals surface area contributed by atoms with E-state index in [1.54, 1.807) is 7.11 Å². The number of hydrogen-bond acceptors (Lipinski definition) is 4. The van der Waals surface area contributed by atoms with Crippen LogP contribution in [-0.4, -0.2) is 74.1 Å². The molecular formula is C18H31N3O3. The van der Waals surface area contributed by atoms with Crippen molar-refractivity contribution in [1.82, 2.24) is 15.1 Å². The molecule has 2 aliphatic heterocycles. The van der Waals surface area contributed by atoms with Crippen molar-refractivity contribution in [1.29, 1.82) is 0 Å². The molecule has 136 valence electrons. The lowest BCUT2D eigenvalue weighted by Crippen LogP contribution is -2.60. The summed E-state index contributed by atoms with van der Waals surface area (Å²) in [4.78, 5) is 28.8. The van der Waals surface area contributed by atoms with Gasteiger partial charge in [0.05, 0.1) is 18.6 Å². The summed E-state index contributed by atoms with van der Waals surface area (Å²) < 4.78 is 4.94. The maximum Gasteiger partial charge on any atom is 0.225 e. The number of rotatable bonds is 7. The van der Waals surface area contributed by atoms with Crippen LogP contribution in [0.3, 0.4) is 0 Å². The lowest BCUT2D eigenvalue weighted by molar-refractivity contribution is -0.133. The second-order valence-electron chi connectivity index (χ2n) is 7.61. The molecule has 6 heteroatoms. The molecule has 3 rings (SSSR count). The lowest BCUT2D eigenvalue weighted by atomic mass is 9.88. The molecule has 0 bridgehead atoms. The van der Waals surface area contributed by atoms with Gasteiger partial charge in [0.1, 0.15) is 0 Å². The molecule has 3 aliphatic rings. The van der Waals surface area contributed by atoms with E-state index in [9.17, 15) is 9.59 Å². The summed E-state index contributed by atoms with van der Waals surface area (Å²) in [6.45, 7) is 4.77. The molecule has 3 fully saturated rings. The zero-order valence-electron chi connectivity index (χ0n) is 14.8. The first-order chi connectivity index (χ1) is 11.7. The van der Waals surface area contributed by atoms with E-state index in [0.29, 0.717) is 32.2 Å². The van der Waals surface area contributed by atoms with Gasteiger partial charge in [-0.05, 0) is 18.8 Å². The van der Waals surface area contributed by atoms with Crippen LogP contribution in [0, 0.1) is 11.8 Å². The van der Waals surface area contributed by atoms with Crippen molar-refractivity contribution in [2.75, 3.05) is 46.4 Å². The smallest absolute Gasteiger partial charge is 0.225 e. The van der Waals surface area contributed by atoms with Crippen LogP contribution in [0.4, 0.5) is 0 Å². The van der Waals surface area contributed by atoms with E-state index in [1.165, 1.54) is 38.6 Å². The maximum atomic E-state index is 12.3. The van der Waals surface area contributed by atoms with Crippen molar-refractivity contribution < 1.29 is 14.3 Å². The van der Waals surface area contributed by atoms with Gasteiger partial charge in [-0.2, -0.15) is 0 Å². The first-order valence-corrected chi connectivity index (χ1v) is 9.46. The highest BCUT2D eigenvalue weighted by molar-refractivity contribution is 5.89. The average Bonchev–Trinajstić information content (AvgIpc) is 2.93. The normalized spacial score (nSPS) is 26.6. The van der Waals surface area contributed by atoms with Gasteiger partial charge in [0.15, 0.2) is 0 Å². The fourth-order valence-electron chi connectivity index (χ4n) is 4.30. The van der Waals surface area contributed by atoms with E-state index >= 15 is 0 Å². The quantitative estimate of drug-likeness (QED) is 0.700. The minimum Gasteiger partial charge on any atom is -0.383 e. The molecule has 0 radical (unpaired) electrons. The number of nitrogens with one attached hydrogen (secondary N) is 1. The van der Waals surface area contributed by atoms with Crippen LogP contribution in [0.2, 0.25) is 0 Å². The maximum absolute atomic E-state index is 12.3. The first kappa shape index (κ1) is 17.7. The number of methoxy groups -OCH3 is 1. The van der Waals surface area contributed by atoms with Gasteiger partial charge in [0, 0.05) is 46.3 Å². The summed E-state index contributed by atoms with van der Waals surface area (Å²) in [5.41, 5.74) is 0. The summed E-state index contributed by atoms with van der Waals surface area (Å²) in [7, 11) is 1.61. The van der Waals surface area contributed by atoms with E-state index in [-0.39, 0.29) is 17.7 Å². The molecule has 24 heavy (non-hydrogen) atoms. The second kappa shape index (κ2) is 8.30. The standard InChI is InChI=1S/C18H31N3O3/c1-24-8-7-19-18(23)15-9-17(22)21(11-15)16-12-20(13-16)10-14-5-3-2-4-6-14/h14-16H,2-13H2,1H3,(H,19,23). The monoisotopic (exact) mass is 337 g/mol. The number of nitrogens with zero attached hydrogens (tertiary/aromatic N) is 2. The number of hydrogen-bond donors (Lipinski definition) is 1. The van der Waals surface area contributed by atoms with Crippen molar-refractivity contribution in [2.24, 2.45) is 11.8 Å². The number of carbonyl (C=O) groups excluding carboxylic acids is 2. The molecular weight excluding hydrogens is 306 g/mol. The predicted octanol–water partition coefficient (Wildman–Crippen LogP) is 0.862. The number of likely N-dealkylation sites (tertiary alicyclic amines) is 2. The van der Waals surface area contributed by atoms with Crippen molar-refractivity contribution in [2.45, 2.75) is 44.6 Å².